The minimum absolute atomic E-state index is 0.149. The third kappa shape index (κ3) is 3.34. The van der Waals surface area contributed by atoms with Gasteiger partial charge in [-0.1, -0.05) is 23.7 Å². The SMILES string of the molecule is CC(C)(C(=O)[OH2+])[C@H]1CN(C2=Nc3cc(Cl)ccc3Oc3ccccc32)CCN1. The van der Waals surface area contributed by atoms with Crippen LogP contribution < -0.4 is 10.1 Å². The predicted octanol–water partition coefficient (Wildman–Crippen LogP) is 3.08. The number of benzene rings is 2. The number of halogens is 1. The average molecular weight is 401 g/mol. The molecule has 6 nitrogen and oxygen atoms in total. The summed E-state index contributed by atoms with van der Waals surface area (Å²) in [6.45, 7) is 5.63. The molecular weight excluding hydrogens is 378 g/mol. The van der Waals surface area contributed by atoms with Gasteiger partial charge in [0.05, 0.1) is 5.56 Å². The van der Waals surface area contributed by atoms with Crippen LogP contribution in [0.2, 0.25) is 5.02 Å². The zero-order valence-corrected chi connectivity index (χ0v) is 16.6. The Morgan fingerprint density at radius 3 is 2.86 bits per heavy atom. The number of para-hydroxylation sites is 1. The third-order valence-electron chi connectivity index (χ3n) is 5.43. The van der Waals surface area contributed by atoms with E-state index in [2.05, 4.69) is 10.2 Å². The largest absolute Gasteiger partial charge is 0.564 e. The fourth-order valence-electron chi connectivity index (χ4n) is 3.52. The molecule has 0 aliphatic carbocycles. The Morgan fingerprint density at radius 2 is 2.07 bits per heavy atom. The maximum atomic E-state index is 11.8. The van der Waals surface area contributed by atoms with Gasteiger partial charge in [-0.2, -0.15) is 0 Å². The molecule has 2 aliphatic heterocycles. The van der Waals surface area contributed by atoms with Crippen molar-refractivity contribution in [1.82, 2.24) is 10.2 Å². The zero-order chi connectivity index (χ0) is 19.9. The van der Waals surface area contributed by atoms with Crippen molar-refractivity contribution in [2.75, 3.05) is 19.6 Å². The van der Waals surface area contributed by atoms with Gasteiger partial charge in [0.2, 0.25) is 0 Å². The fourth-order valence-corrected chi connectivity index (χ4v) is 3.69. The average Bonchev–Trinajstić information content (AvgIpc) is 2.84. The topological polar surface area (TPSA) is 76.8 Å². The molecule has 1 fully saturated rings. The molecule has 2 heterocycles. The smallest absolute Gasteiger partial charge is 0.523 e. The minimum Gasteiger partial charge on any atom is -0.564 e. The maximum absolute atomic E-state index is 11.8. The molecule has 0 bridgehead atoms. The highest BCUT2D eigenvalue weighted by Crippen LogP contribution is 2.39. The van der Waals surface area contributed by atoms with E-state index in [9.17, 15) is 4.79 Å². The van der Waals surface area contributed by atoms with Gasteiger partial charge in [0.15, 0.2) is 5.75 Å². The number of aliphatic imine (C=N–C) groups is 1. The van der Waals surface area contributed by atoms with E-state index in [-0.39, 0.29) is 6.04 Å². The molecule has 2 aliphatic rings. The second kappa shape index (κ2) is 7.11. The zero-order valence-electron chi connectivity index (χ0n) is 15.8. The quantitative estimate of drug-likeness (QED) is 0.786. The molecule has 0 spiro atoms. The van der Waals surface area contributed by atoms with Gasteiger partial charge in [-0.15, -0.1) is 0 Å². The number of nitrogens with zero attached hydrogens (tertiary/aromatic N) is 2. The molecule has 0 radical (unpaired) electrons. The lowest BCUT2D eigenvalue weighted by molar-refractivity contribution is -0.149. The van der Waals surface area contributed by atoms with Crippen LogP contribution in [0.15, 0.2) is 47.5 Å². The van der Waals surface area contributed by atoms with E-state index >= 15 is 0 Å². The summed E-state index contributed by atoms with van der Waals surface area (Å²) < 4.78 is 6.11. The number of ether oxygens (including phenoxy) is 1. The molecule has 0 amide bonds. The van der Waals surface area contributed by atoms with Crippen LogP contribution >= 0.6 is 11.6 Å². The van der Waals surface area contributed by atoms with Crippen LogP contribution in [0.1, 0.15) is 19.4 Å². The number of hydrogen-bond donors (Lipinski definition) is 1. The molecule has 3 N–H and O–H groups in total. The van der Waals surface area contributed by atoms with Crippen molar-refractivity contribution >= 4 is 29.1 Å². The molecule has 146 valence electrons. The summed E-state index contributed by atoms with van der Waals surface area (Å²) >= 11 is 6.19. The van der Waals surface area contributed by atoms with Crippen molar-refractivity contribution in [3.8, 4) is 11.5 Å². The van der Waals surface area contributed by atoms with E-state index < -0.39 is 11.4 Å². The highest BCUT2D eigenvalue weighted by Gasteiger charge is 2.45. The maximum Gasteiger partial charge on any atom is 0.523 e. The van der Waals surface area contributed by atoms with Crippen molar-refractivity contribution < 1.29 is 14.6 Å². The molecule has 2 aromatic rings. The summed E-state index contributed by atoms with van der Waals surface area (Å²) in [6.07, 6.45) is 0. The number of amidine groups is 1. The molecule has 0 saturated carbocycles. The molecule has 1 saturated heterocycles. The summed E-state index contributed by atoms with van der Waals surface area (Å²) in [5.41, 5.74) is 0.774. The monoisotopic (exact) mass is 400 g/mol. The highest BCUT2D eigenvalue weighted by molar-refractivity contribution is 6.31. The molecular formula is C21H23ClN3O3+. The van der Waals surface area contributed by atoms with Gasteiger partial charge in [-0.3, -0.25) is 0 Å². The van der Waals surface area contributed by atoms with E-state index in [0.717, 1.165) is 23.7 Å². The standard InChI is InChI=1S/C21H22ClN3O3/c1-21(2,20(26)27)18-12-25(10-9-23-18)19-14-5-3-4-6-16(14)28-17-8-7-13(22)11-15(17)24-19/h3-8,11,18,23H,9-10,12H2,1-2H3,(H,26,27)/p+1/t18-/m1/s1. The molecule has 0 unspecified atom stereocenters. The Hall–Kier alpha value is -2.57. The normalized spacial score (nSPS) is 19.0. The van der Waals surface area contributed by atoms with Crippen LogP contribution in [-0.4, -0.2) is 47.5 Å². The van der Waals surface area contributed by atoms with Crippen molar-refractivity contribution in [2.24, 2.45) is 10.4 Å². The molecule has 7 heteroatoms. The number of hydrogen-bond acceptors (Lipinski definition) is 5. The molecule has 0 aromatic heterocycles. The van der Waals surface area contributed by atoms with Gasteiger partial charge in [-0.05, 0) is 44.2 Å². The predicted molar refractivity (Wildman–Crippen MR) is 110 cm³/mol. The van der Waals surface area contributed by atoms with Crippen LogP contribution in [0.4, 0.5) is 5.69 Å². The first-order valence-corrected chi connectivity index (χ1v) is 9.64. The van der Waals surface area contributed by atoms with Gasteiger partial charge in [0.1, 0.15) is 22.7 Å². The molecule has 4 rings (SSSR count). The van der Waals surface area contributed by atoms with Gasteiger partial charge in [0, 0.05) is 35.5 Å². The number of piperazine rings is 1. The van der Waals surface area contributed by atoms with Crippen molar-refractivity contribution in [2.45, 2.75) is 19.9 Å². The van der Waals surface area contributed by atoms with Gasteiger partial charge in [0.25, 0.3) is 0 Å². The molecule has 2 aromatic carbocycles. The van der Waals surface area contributed by atoms with Crippen LogP contribution in [0.5, 0.6) is 11.5 Å². The summed E-state index contributed by atoms with van der Waals surface area (Å²) in [5.74, 6) is 1.60. The summed E-state index contributed by atoms with van der Waals surface area (Å²) in [4.78, 5) is 18.9. The Kier molecular flexibility index (Phi) is 4.77. The first kappa shape index (κ1) is 18.8. The first-order chi connectivity index (χ1) is 13.4. The number of nitrogens with one attached hydrogen (secondary N) is 1. The van der Waals surface area contributed by atoms with Crippen LogP contribution in [0, 0.1) is 5.41 Å². The first-order valence-electron chi connectivity index (χ1n) is 9.26. The Balaban J connectivity index is 1.77. The molecule has 28 heavy (non-hydrogen) atoms. The van der Waals surface area contributed by atoms with Crippen molar-refractivity contribution in [3.63, 3.8) is 0 Å². The number of fused-ring (bicyclic) bond motifs is 2. The van der Waals surface area contributed by atoms with E-state index in [1.807, 2.05) is 44.2 Å². The second-order valence-corrected chi connectivity index (χ2v) is 8.09. The fraction of sp³-hybridized carbons (Fsp3) is 0.333. The van der Waals surface area contributed by atoms with Gasteiger partial charge in [-0.25, -0.2) is 4.99 Å². The van der Waals surface area contributed by atoms with E-state index in [0.29, 0.717) is 29.5 Å². The lowest BCUT2D eigenvalue weighted by atomic mass is 9.83. The lowest BCUT2D eigenvalue weighted by Crippen LogP contribution is -2.59. The molecule has 1 atom stereocenters. The van der Waals surface area contributed by atoms with E-state index in [1.54, 1.807) is 12.1 Å². The van der Waals surface area contributed by atoms with Crippen LogP contribution in [-0.2, 0) is 4.79 Å². The summed E-state index contributed by atoms with van der Waals surface area (Å²) in [6, 6.07) is 13.0. The van der Waals surface area contributed by atoms with Crippen molar-refractivity contribution in [1.29, 1.82) is 0 Å². The van der Waals surface area contributed by atoms with Gasteiger partial charge < -0.3 is 20.1 Å². The minimum atomic E-state index is -0.790. The summed E-state index contributed by atoms with van der Waals surface area (Å²) in [7, 11) is 0. The number of carbonyl (C=O) groups is 1. The summed E-state index contributed by atoms with van der Waals surface area (Å²) in [5, 5.41) is 11.6. The van der Waals surface area contributed by atoms with Crippen LogP contribution in [0.25, 0.3) is 0 Å². The number of rotatable bonds is 2. The Labute approximate surface area is 168 Å². The van der Waals surface area contributed by atoms with Gasteiger partial charge >= 0.3 is 5.97 Å². The lowest BCUT2D eigenvalue weighted by Gasteiger charge is -2.39. The third-order valence-corrected chi connectivity index (χ3v) is 5.66. The second-order valence-electron chi connectivity index (χ2n) is 7.65. The van der Waals surface area contributed by atoms with Crippen LogP contribution in [0.3, 0.4) is 0 Å². The Bertz CT molecular complexity index is 958. The Morgan fingerprint density at radius 1 is 1.29 bits per heavy atom. The number of carbonyl (C=O) groups excluding carboxylic acids is 1. The van der Waals surface area contributed by atoms with E-state index in [1.165, 1.54) is 0 Å². The van der Waals surface area contributed by atoms with Crippen molar-refractivity contribution in [3.05, 3.63) is 53.1 Å². The van der Waals surface area contributed by atoms with E-state index in [4.69, 9.17) is 26.4 Å². The highest BCUT2D eigenvalue weighted by atomic mass is 35.5.